The minimum absolute atomic E-state index is 0.00829. The highest BCUT2D eigenvalue weighted by atomic mass is 35.5. The first kappa shape index (κ1) is 16.7. The third-order valence-corrected chi connectivity index (χ3v) is 3.79. The van der Waals surface area contributed by atoms with Crippen LogP contribution in [0.4, 0.5) is 17.2 Å². The lowest BCUT2D eigenvalue weighted by Gasteiger charge is -2.13. The Morgan fingerprint density at radius 2 is 1.88 bits per heavy atom. The summed E-state index contributed by atoms with van der Waals surface area (Å²) in [6.07, 6.45) is 1.32. The van der Waals surface area contributed by atoms with Crippen molar-refractivity contribution < 1.29 is 14.4 Å². The largest absolute Gasteiger partial charge is 0.493 e. The molecule has 0 aliphatic rings. The van der Waals surface area contributed by atoms with Crippen molar-refractivity contribution in [2.24, 2.45) is 0 Å². The van der Waals surface area contributed by atoms with Crippen molar-refractivity contribution in [2.75, 3.05) is 19.5 Å². The summed E-state index contributed by atoms with van der Waals surface area (Å²) in [5, 5.41) is 15.5. The van der Waals surface area contributed by atoms with E-state index < -0.39 is 4.92 Å². The number of aromatic nitrogens is 2. The van der Waals surface area contributed by atoms with Gasteiger partial charge in [0.1, 0.15) is 17.5 Å². The molecule has 0 amide bonds. The summed E-state index contributed by atoms with van der Waals surface area (Å²) < 4.78 is 10.4. The number of nitrogens with one attached hydrogen (secondary N) is 1. The third-order valence-electron chi connectivity index (χ3n) is 3.53. The molecule has 2 aromatic carbocycles. The number of halogens is 1. The molecule has 3 rings (SSSR count). The van der Waals surface area contributed by atoms with Gasteiger partial charge >= 0.3 is 5.69 Å². The van der Waals surface area contributed by atoms with Crippen LogP contribution in [0.25, 0.3) is 10.9 Å². The summed E-state index contributed by atoms with van der Waals surface area (Å²) >= 11 is 5.88. The monoisotopic (exact) mass is 360 g/mol. The van der Waals surface area contributed by atoms with Gasteiger partial charge in [-0.1, -0.05) is 11.6 Å². The molecule has 1 aromatic heterocycles. The lowest BCUT2D eigenvalue weighted by Crippen LogP contribution is -2.02. The SMILES string of the molecule is COc1cc2ncnc(Nc3ccc(Cl)cc3)c2c([N+](=O)[O-])c1OC. The average molecular weight is 361 g/mol. The number of fused-ring (bicyclic) bond motifs is 1. The van der Waals surface area contributed by atoms with E-state index in [4.69, 9.17) is 21.1 Å². The molecule has 0 bridgehead atoms. The minimum atomic E-state index is -0.542. The Balaban J connectivity index is 2.25. The van der Waals surface area contributed by atoms with Crippen LogP contribution in [0, 0.1) is 10.1 Å². The molecule has 8 nitrogen and oxygen atoms in total. The van der Waals surface area contributed by atoms with Gasteiger partial charge in [-0.15, -0.1) is 0 Å². The van der Waals surface area contributed by atoms with Crippen LogP contribution in [0.1, 0.15) is 0 Å². The second kappa shape index (κ2) is 6.78. The minimum Gasteiger partial charge on any atom is -0.493 e. The molecule has 0 saturated heterocycles. The first-order valence-electron chi connectivity index (χ1n) is 7.11. The number of anilines is 2. The van der Waals surface area contributed by atoms with E-state index in [0.29, 0.717) is 16.2 Å². The molecule has 0 saturated carbocycles. The van der Waals surface area contributed by atoms with Crippen molar-refractivity contribution in [2.45, 2.75) is 0 Å². The van der Waals surface area contributed by atoms with Crippen LogP contribution >= 0.6 is 11.6 Å². The molecule has 9 heteroatoms. The molecule has 1 heterocycles. The summed E-state index contributed by atoms with van der Waals surface area (Å²) in [5.41, 5.74) is 0.762. The van der Waals surface area contributed by atoms with Gasteiger partial charge in [0.05, 0.1) is 24.7 Å². The first-order chi connectivity index (χ1) is 12.0. The van der Waals surface area contributed by atoms with E-state index in [2.05, 4.69) is 15.3 Å². The number of nitro benzene ring substituents is 1. The van der Waals surface area contributed by atoms with E-state index in [1.54, 1.807) is 30.3 Å². The van der Waals surface area contributed by atoms with Gasteiger partial charge < -0.3 is 14.8 Å². The first-order valence-corrected chi connectivity index (χ1v) is 7.49. The molecular formula is C16H13ClN4O4. The number of benzene rings is 2. The number of methoxy groups -OCH3 is 2. The second-order valence-electron chi connectivity index (χ2n) is 4.97. The van der Waals surface area contributed by atoms with E-state index in [1.165, 1.54) is 20.5 Å². The van der Waals surface area contributed by atoms with Gasteiger partial charge in [0, 0.05) is 16.8 Å². The molecule has 0 spiro atoms. The Hall–Kier alpha value is -3.13. The lowest BCUT2D eigenvalue weighted by atomic mass is 10.1. The van der Waals surface area contributed by atoms with Crippen molar-refractivity contribution in [3.8, 4) is 11.5 Å². The van der Waals surface area contributed by atoms with E-state index in [0.717, 1.165) is 0 Å². The van der Waals surface area contributed by atoms with Crippen LogP contribution in [0.5, 0.6) is 11.5 Å². The number of ether oxygens (including phenoxy) is 2. The van der Waals surface area contributed by atoms with E-state index >= 15 is 0 Å². The number of hydrogen-bond donors (Lipinski definition) is 1. The fourth-order valence-electron chi connectivity index (χ4n) is 2.45. The summed E-state index contributed by atoms with van der Waals surface area (Å²) in [5.74, 6) is 0.506. The molecule has 128 valence electrons. The van der Waals surface area contributed by atoms with Crippen LogP contribution < -0.4 is 14.8 Å². The number of rotatable bonds is 5. The third kappa shape index (κ3) is 3.11. The van der Waals surface area contributed by atoms with Gasteiger partial charge in [0.15, 0.2) is 5.75 Å². The molecule has 0 unspecified atom stereocenters. The number of nitro groups is 1. The molecular weight excluding hydrogens is 348 g/mol. The Morgan fingerprint density at radius 3 is 2.48 bits per heavy atom. The summed E-state index contributed by atoms with van der Waals surface area (Å²) in [6.45, 7) is 0. The van der Waals surface area contributed by atoms with E-state index in [9.17, 15) is 10.1 Å². The van der Waals surface area contributed by atoms with Crippen LogP contribution in [-0.2, 0) is 0 Å². The van der Waals surface area contributed by atoms with Crippen LogP contribution in [-0.4, -0.2) is 29.1 Å². The van der Waals surface area contributed by atoms with Gasteiger partial charge in [-0.3, -0.25) is 10.1 Å². The van der Waals surface area contributed by atoms with E-state index in [-0.39, 0.29) is 28.4 Å². The highest BCUT2D eigenvalue weighted by Crippen LogP contribution is 2.44. The van der Waals surface area contributed by atoms with Crippen molar-refractivity contribution in [1.29, 1.82) is 0 Å². The Kier molecular flexibility index (Phi) is 4.53. The number of nitrogens with zero attached hydrogens (tertiary/aromatic N) is 3. The zero-order valence-corrected chi connectivity index (χ0v) is 14.1. The molecule has 0 atom stereocenters. The van der Waals surface area contributed by atoms with Crippen molar-refractivity contribution >= 4 is 39.7 Å². The van der Waals surface area contributed by atoms with Gasteiger partial charge in [-0.05, 0) is 24.3 Å². The zero-order chi connectivity index (χ0) is 18.0. The van der Waals surface area contributed by atoms with Crippen molar-refractivity contribution in [1.82, 2.24) is 9.97 Å². The molecule has 0 fully saturated rings. The van der Waals surface area contributed by atoms with Gasteiger partial charge in [-0.2, -0.15) is 0 Å². The molecule has 0 aliphatic carbocycles. The molecule has 0 radical (unpaired) electrons. The molecule has 1 N–H and O–H groups in total. The average Bonchev–Trinajstić information content (AvgIpc) is 2.61. The number of hydrogen-bond acceptors (Lipinski definition) is 7. The summed E-state index contributed by atoms with van der Waals surface area (Å²) in [7, 11) is 2.74. The van der Waals surface area contributed by atoms with Gasteiger partial charge in [-0.25, -0.2) is 9.97 Å². The highest BCUT2D eigenvalue weighted by molar-refractivity contribution is 6.30. The fourth-order valence-corrected chi connectivity index (χ4v) is 2.58. The lowest BCUT2D eigenvalue weighted by molar-refractivity contribution is -0.384. The maximum Gasteiger partial charge on any atom is 0.327 e. The Labute approximate surface area is 147 Å². The van der Waals surface area contributed by atoms with Crippen LogP contribution in [0.3, 0.4) is 0 Å². The maximum atomic E-state index is 11.7. The Morgan fingerprint density at radius 1 is 1.16 bits per heavy atom. The van der Waals surface area contributed by atoms with Crippen LogP contribution in [0.15, 0.2) is 36.7 Å². The predicted octanol–water partition coefficient (Wildman–Crippen LogP) is 3.95. The molecule has 0 aliphatic heterocycles. The Bertz CT molecular complexity index is 947. The quantitative estimate of drug-likeness (QED) is 0.543. The van der Waals surface area contributed by atoms with Crippen LogP contribution in [0.2, 0.25) is 5.02 Å². The molecule has 3 aromatic rings. The topological polar surface area (TPSA) is 99.4 Å². The van der Waals surface area contributed by atoms with Crippen molar-refractivity contribution in [3.63, 3.8) is 0 Å². The normalized spacial score (nSPS) is 10.5. The van der Waals surface area contributed by atoms with Crippen molar-refractivity contribution in [3.05, 3.63) is 51.8 Å². The smallest absolute Gasteiger partial charge is 0.327 e. The fraction of sp³-hybridized carbons (Fsp3) is 0.125. The summed E-state index contributed by atoms with van der Waals surface area (Å²) in [6, 6.07) is 8.44. The molecule has 25 heavy (non-hydrogen) atoms. The highest BCUT2D eigenvalue weighted by Gasteiger charge is 2.28. The maximum absolute atomic E-state index is 11.7. The summed E-state index contributed by atoms with van der Waals surface area (Å²) in [4.78, 5) is 19.4. The second-order valence-corrected chi connectivity index (χ2v) is 5.40. The zero-order valence-electron chi connectivity index (χ0n) is 13.3. The predicted molar refractivity (Wildman–Crippen MR) is 94.0 cm³/mol. The van der Waals surface area contributed by atoms with Gasteiger partial charge in [0.2, 0.25) is 5.75 Å². The van der Waals surface area contributed by atoms with Gasteiger partial charge in [0.25, 0.3) is 0 Å². The standard InChI is InChI=1S/C16H13ClN4O4/c1-24-12-7-11-13(14(21(22)23)15(12)25-2)16(19-8-18-11)20-10-5-3-9(17)4-6-10/h3-8H,1-2H3,(H,18,19,20). The van der Waals surface area contributed by atoms with E-state index in [1.807, 2.05) is 0 Å².